The Hall–Kier alpha value is -1.76. The molecule has 1 aromatic rings. The number of anilines is 1. The van der Waals surface area contributed by atoms with Crippen molar-refractivity contribution in [1.82, 2.24) is 9.97 Å². The quantitative estimate of drug-likeness (QED) is 0.729. The van der Waals surface area contributed by atoms with Gasteiger partial charge in [0.15, 0.2) is 0 Å². The van der Waals surface area contributed by atoms with Gasteiger partial charge in [-0.1, -0.05) is 5.92 Å². The number of nitrogens with zero attached hydrogens (tertiary/aromatic N) is 2. The Morgan fingerprint density at radius 2 is 2.43 bits per heavy atom. The van der Waals surface area contributed by atoms with Gasteiger partial charge in [-0.25, -0.2) is 4.98 Å². The molecule has 0 atom stereocenters. The second kappa shape index (κ2) is 5.81. The number of rotatable bonds is 4. The highest BCUT2D eigenvalue weighted by Crippen LogP contribution is 2.07. The van der Waals surface area contributed by atoms with Gasteiger partial charge in [0.2, 0.25) is 11.8 Å². The summed E-state index contributed by atoms with van der Waals surface area (Å²) in [5.41, 5.74) is 0. The number of hydrogen-bond donors (Lipinski definition) is 1. The summed E-state index contributed by atoms with van der Waals surface area (Å²) in [7, 11) is 0. The molecular formula is C10H13N3O. The van der Waals surface area contributed by atoms with Crippen LogP contribution in [0.4, 0.5) is 5.95 Å². The maximum Gasteiger partial charge on any atom is 0.226 e. The van der Waals surface area contributed by atoms with E-state index >= 15 is 0 Å². The van der Waals surface area contributed by atoms with Gasteiger partial charge in [-0.2, -0.15) is 4.98 Å². The highest BCUT2D eigenvalue weighted by atomic mass is 16.5. The Bertz CT molecular complexity index is 341. The third-order valence-corrected chi connectivity index (χ3v) is 1.43. The molecular weight excluding hydrogens is 178 g/mol. The fourth-order valence-electron chi connectivity index (χ4n) is 0.867. The van der Waals surface area contributed by atoms with E-state index in [9.17, 15) is 0 Å². The molecule has 0 unspecified atom stereocenters. The predicted octanol–water partition coefficient (Wildman–Crippen LogP) is 1.31. The summed E-state index contributed by atoms with van der Waals surface area (Å²) in [4.78, 5) is 8.15. The van der Waals surface area contributed by atoms with E-state index in [4.69, 9.17) is 4.74 Å². The first-order valence-electron chi connectivity index (χ1n) is 4.46. The molecule has 0 saturated heterocycles. The van der Waals surface area contributed by atoms with Crippen LogP contribution in [-0.2, 0) is 0 Å². The fourth-order valence-corrected chi connectivity index (χ4v) is 0.867. The molecule has 0 aliphatic rings. The highest BCUT2D eigenvalue weighted by Gasteiger charge is 1.96. The van der Waals surface area contributed by atoms with Crippen LogP contribution in [0.2, 0.25) is 0 Å². The van der Waals surface area contributed by atoms with Crippen molar-refractivity contribution in [3.05, 3.63) is 12.3 Å². The average molecular weight is 191 g/mol. The maximum atomic E-state index is 5.23. The Morgan fingerprint density at radius 1 is 1.57 bits per heavy atom. The fraction of sp³-hybridized carbons (Fsp3) is 0.400. The Morgan fingerprint density at radius 3 is 3.14 bits per heavy atom. The molecule has 0 bridgehead atoms. The minimum atomic E-state index is 0.540. The molecule has 1 N–H and O–H groups in total. The summed E-state index contributed by atoms with van der Waals surface area (Å²) in [6.45, 7) is 4.86. The Labute approximate surface area is 83.7 Å². The van der Waals surface area contributed by atoms with Crippen molar-refractivity contribution < 1.29 is 4.74 Å². The monoisotopic (exact) mass is 191 g/mol. The zero-order valence-corrected chi connectivity index (χ0v) is 8.37. The molecule has 0 spiro atoms. The molecule has 1 aromatic heterocycles. The van der Waals surface area contributed by atoms with Gasteiger partial charge >= 0.3 is 0 Å². The molecule has 0 aromatic carbocycles. The molecule has 0 aliphatic carbocycles. The lowest BCUT2D eigenvalue weighted by Gasteiger charge is -2.03. The lowest BCUT2D eigenvalue weighted by molar-refractivity contribution is 0.326. The van der Waals surface area contributed by atoms with Crippen molar-refractivity contribution in [3.63, 3.8) is 0 Å². The van der Waals surface area contributed by atoms with E-state index in [2.05, 4.69) is 27.1 Å². The smallest absolute Gasteiger partial charge is 0.226 e. The van der Waals surface area contributed by atoms with Gasteiger partial charge in [-0.15, -0.1) is 5.92 Å². The van der Waals surface area contributed by atoms with E-state index in [-0.39, 0.29) is 0 Å². The van der Waals surface area contributed by atoms with E-state index in [1.165, 1.54) is 0 Å². The number of hydrogen-bond acceptors (Lipinski definition) is 4. The van der Waals surface area contributed by atoms with E-state index in [1.54, 1.807) is 19.2 Å². The highest BCUT2D eigenvalue weighted by molar-refractivity contribution is 5.29. The first-order chi connectivity index (χ1) is 6.86. The first-order valence-corrected chi connectivity index (χ1v) is 4.46. The average Bonchev–Trinajstić information content (AvgIpc) is 2.19. The summed E-state index contributed by atoms with van der Waals surface area (Å²) in [6.07, 6.45) is 1.65. The standard InChI is InChI=1S/C10H13N3O/c1-3-5-7-11-10-12-8-6-9(13-10)14-4-2/h6,8H,4,7H2,1-2H3,(H,11,12,13). The molecule has 0 aliphatic heterocycles. The molecule has 0 saturated carbocycles. The summed E-state index contributed by atoms with van der Waals surface area (Å²) < 4.78 is 5.23. The zero-order valence-electron chi connectivity index (χ0n) is 8.37. The second-order valence-corrected chi connectivity index (χ2v) is 2.43. The summed E-state index contributed by atoms with van der Waals surface area (Å²) >= 11 is 0. The van der Waals surface area contributed by atoms with Crippen LogP contribution in [0.5, 0.6) is 5.88 Å². The van der Waals surface area contributed by atoms with Crippen LogP contribution in [0.15, 0.2) is 12.3 Å². The molecule has 4 nitrogen and oxygen atoms in total. The van der Waals surface area contributed by atoms with Crippen LogP contribution < -0.4 is 10.1 Å². The largest absolute Gasteiger partial charge is 0.478 e. The van der Waals surface area contributed by atoms with Gasteiger partial charge in [0, 0.05) is 12.3 Å². The van der Waals surface area contributed by atoms with Crippen LogP contribution in [0.1, 0.15) is 13.8 Å². The molecule has 1 rings (SSSR count). The molecule has 74 valence electrons. The van der Waals surface area contributed by atoms with Crippen molar-refractivity contribution in [2.75, 3.05) is 18.5 Å². The minimum Gasteiger partial charge on any atom is -0.478 e. The van der Waals surface area contributed by atoms with Gasteiger partial charge in [0.1, 0.15) is 0 Å². The van der Waals surface area contributed by atoms with Gasteiger partial charge in [0.05, 0.1) is 13.2 Å². The Balaban J connectivity index is 2.57. The summed E-state index contributed by atoms with van der Waals surface area (Å²) in [5.74, 6) is 6.76. The molecule has 14 heavy (non-hydrogen) atoms. The molecule has 0 amide bonds. The lowest BCUT2D eigenvalue weighted by Crippen LogP contribution is -2.04. The molecule has 1 heterocycles. The predicted molar refractivity (Wildman–Crippen MR) is 55.1 cm³/mol. The number of aromatic nitrogens is 2. The van der Waals surface area contributed by atoms with Crippen molar-refractivity contribution in [2.45, 2.75) is 13.8 Å². The minimum absolute atomic E-state index is 0.540. The molecule has 4 heteroatoms. The van der Waals surface area contributed by atoms with E-state index < -0.39 is 0 Å². The lowest BCUT2D eigenvalue weighted by atomic mass is 10.6. The van der Waals surface area contributed by atoms with Gasteiger partial charge in [0.25, 0.3) is 0 Å². The van der Waals surface area contributed by atoms with E-state index in [0.29, 0.717) is 25.0 Å². The van der Waals surface area contributed by atoms with Crippen molar-refractivity contribution in [1.29, 1.82) is 0 Å². The van der Waals surface area contributed by atoms with Crippen LogP contribution in [0.25, 0.3) is 0 Å². The third-order valence-electron chi connectivity index (χ3n) is 1.43. The summed E-state index contributed by atoms with van der Waals surface area (Å²) in [6, 6.07) is 1.72. The first kappa shape index (κ1) is 10.3. The van der Waals surface area contributed by atoms with Gasteiger partial charge < -0.3 is 10.1 Å². The van der Waals surface area contributed by atoms with Gasteiger partial charge in [-0.05, 0) is 13.8 Å². The SMILES string of the molecule is CC#CCNc1nccc(OCC)n1. The Kier molecular flexibility index (Phi) is 4.29. The van der Waals surface area contributed by atoms with Crippen molar-refractivity contribution in [2.24, 2.45) is 0 Å². The number of ether oxygens (including phenoxy) is 1. The normalized spacial score (nSPS) is 8.71. The van der Waals surface area contributed by atoms with Gasteiger partial charge in [-0.3, -0.25) is 0 Å². The summed E-state index contributed by atoms with van der Waals surface area (Å²) in [5, 5.41) is 2.97. The van der Waals surface area contributed by atoms with E-state index in [0.717, 1.165) is 0 Å². The van der Waals surface area contributed by atoms with Crippen LogP contribution in [-0.4, -0.2) is 23.1 Å². The van der Waals surface area contributed by atoms with Crippen molar-refractivity contribution in [3.8, 4) is 17.7 Å². The number of nitrogens with one attached hydrogen (secondary N) is 1. The molecule has 0 fully saturated rings. The van der Waals surface area contributed by atoms with Crippen LogP contribution >= 0.6 is 0 Å². The van der Waals surface area contributed by atoms with Crippen molar-refractivity contribution >= 4 is 5.95 Å². The third kappa shape index (κ3) is 3.31. The molecule has 0 radical (unpaired) electrons. The van der Waals surface area contributed by atoms with Crippen LogP contribution in [0.3, 0.4) is 0 Å². The van der Waals surface area contributed by atoms with E-state index in [1.807, 2.05) is 6.92 Å². The second-order valence-electron chi connectivity index (χ2n) is 2.43. The zero-order chi connectivity index (χ0) is 10.2. The maximum absolute atomic E-state index is 5.23. The topological polar surface area (TPSA) is 47.0 Å². The van der Waals surface area contributed by atoms with Crippen LogP contribution in [0, 0.1) is 11.8 Å².